The van der Waals surface area contributed by atoms with Crippen LogP contribution in [0.3, 0.4) is 0 Å². The third-order valence-electron chi connectivity index (χ3n) is 3.09. The minimum absolute atomic E-state index is 0.00465. The number of hydrogen-bond donors (Lipinski definition) is 1. The van der Waals surface area contributed by atoms with Gasteiger partial charge >= 0.3 is 0 Å². The van der Waals surface area contributed by atoms with E-state index in [0.29, 0.717) is 12.3 Å². The zero-order valence-corrected chi connectivity index (χ0v) is 11.6. The van der Waals surface area contributed by atoms with E-state index >= 15 is 0 Å². The van der Waals surface area contributed by atoms with Gasteiger partial charge in [-0.1, -0.05) is 19.1 Å². The zero-order valence-electron chi connectivity index (χ0n) is 10.8. The summed E-state index contributed by atoms with van der Waals surface area (Å²) in [5.41, 5.74) is 0.854. The molecule has 104 valence electrons. The van der Waals surface area contributed by atoms with Crippen molar-refractivity contribution in [2.24, 2.45) is 0 Å². The number of ketones is 1. The lowest BCUT2D eigenvalue weighted by molar-refractivity contribution is -0.125. The van der Waals surface area contributed by atoms with Crippen LogP contribution < -0.4 is 10.1 Å². The van der Waals surface area contributed by atoms with Gasteiger partial charge in [0.05, 0.1) is 18.0 Å². The fourth-order valence-electron chi connectivity index (χ4n) is 1.85. The number of carbonyl (C=O) groups is 1. The molecule has 0 spiro atoms. The van der Waals surface area contributed by atoms with Crippen molar-refractivity contribution in [2.75, 3.05) is 23.4 Å². The molecule has 1 aromatic rings. The molecule has 0 fully saturated rings. The molecule has 1 unspecified atom stereocenters. The SMILES string of the molecule is CCS(=O)(=O)CCC(=O)C1CNc2ccccc2O1. The number of benzene rings is 1. The monoisotopic (exact) mass is 283 g/mol. The number of ether oxygens (including phenoxy) is 1. The average molecular weight is 283 g/mol. The van der Waals surface area contributed by atoms with Crippen LogP contribution in [-0.4, -0.2) is 38.4 Å². The standard InChI is InChI=1S/C13H17NO4S/c1-2-19(16,17)8-7-11(15)13-9-14-10-5-3-4-6-12(10)18-13/h3-6,13-14H,2,7-9H2,1H3. The maximum absolute atomic E-state index is 11.9. The van der Waals surface area contributed by atoms with E-state index in [9.17, 15) is 13.2 Å². The summed E-state index contributed by atoms with van der Waals surface area (Å²) in [7, 11) is -3.11. The number of carbonyl (C=O) groups excluding carboxylic acids is 1. The van der Waals surface area contributed by atoms with Crippen molar-refractivity contribution in [1.29, 1.82) is 0 Å². The van der Waals surface area contributed by atoms with Crippen molar-refractivity contribution in [1.82, 2.24) is 0 Å². The molecular formula is C13H17NO4S. The van der Waals surface area contributed by atoms with Gasteiger partial charge in [0.1, 0.15) is 15.6 Å². The lowest BCUT2D eigenvalue weighted by Gasteiger charge is -2.26. The maximum Gasteiger partial charge on any atom is 0.176 e. The Morgan fingerprint density at radius 2 is 2.16 bits per heavy atom. The molecule has 6 heteroatoms. The van der Waals surface area contributed by atoms with Crippen molar-refractivity contribution < 1.29 is 17.9 Å². The Morgan fingerprint density at radius 1 is 1.42 bits per heavy atom. The summed E-state index contributed by atoms with van der Waals surface area (Å²) >= 11 is 0. The molecule has 0 saturated heterocycles. The summed E-state index contributed by atoms with van der Waals surface area (Å²) in [4.78, 5) is 11.9. The van der Waals surface area contributed by atoms with Crippen molar-refractivity contribution >= 4 is 21.3 Å². The number of rotatable bonds is 5. The topological polar surface area (TPSA) is 72.5 Å². The van der Waals surface area contributed by atoms with Gasteiger partial charge in [0.2, 0.25) is 0 Å². The largest absolute Gasteiger partial charge is 0.479 e. The van der Waals surface area contributed by atoms with E-state index in [1.54, 1.807) is 13.0 Å². The maximum atomic E-state index is 11.9. The van der Waals surface area contributed by atoms with E-state index in [0.717, 1.165) is 5.69 Å². The average Bonchev–Trinajstić information content (AvgIpc) is 2.44. The first-order valence-corrected chi connectivity index (χ1v) is 8.06. The molecule has 0 aromatic heterocycles. The lowest BCUT2D eigenvalue weighted by atomic mass is 10.1. The van der Waals surface area contributed by atoms with Crippen molar-refractivity contribution in [2.45, 2.75) is 19.4 Å². The summed E-state index contributed by atoms with van der Waals surface area (Å²) in [6.07, 6.45) is -0.605. The fourth-order valence-corrected chi connectivity index (χ4v) is 2.65. The van der Waals surface area contributed by atoms with Crippen LogP contribution in [0.2, 0.25) is 0 Å². The van der Waals surface area contributed by atoms with Gasteiger partial charge < -0.3 is 10.1 Å². The normalized spacial score (nSPS) is 18.1. The Morgan fingerprint density at radius 3 is 2.89 bits per heavy atom. The number of nitrogens with one attached hydrogen (secondary N) is 1. The van der Waals surface area contributed by atoms with Crippen molar-refractivity contribution in [3.05, 3.63) is 24.3 Å². The van der Waals surface area contributed by atoms with Gasteiger partial charge in [-0.05, 0) is 12.1 Å². The van der Waals surface area contributed by atoms with E-state index in [1.165, 1.54) is 0 Å². The Kier molecular flexibility index (Phi) is 4.09. The van der Waals surface area contributed by atoms with Crippen LogP contribution in [0.15, 0.2) is 24.3 Å². The summed E-state index contributed by atoms with van der Waals surface area (Å²) < 4.78 is 28.3. The second-order valence-electron chi connectivity index (χ2n) is 4.44. The number of sulfone groups is 1. The van der Waals surface area contributed by atoms with Crippen molar-refractivity contribution in [3.63, 3.8) is 0 Å². The first-order valence-electron chi connectivity index (χ1n) is 6.24. The molecule has 0 amide bonds. The quantitative estimate of drug-likeness (QED) is 0.880. The first-order chi connectivity index (χ1) is 9.02. The molecule has 5 nitrogen and oxygen atoms in total. The molecule has 0 bridgehead atoms. The van der Waals surface area contributed by atoms with Crippen LogP contribution in [0.5, 0.6) is 5.75 Å². The Bertz CT molecular complexity index is 568. The third kappa shape index (κ3) is 3.47. The molecule has 1 heterocycles. The molecule has 1 aromatic carbocycles. The Balaban J connectivity index is 1.96. The summed E-state index contributed by atoms with van der Waals surface area (Å²) in [5, 5.41) is 3.11. The number of para-hydroxylation sites is 2. The highest BCUT2D eigenvalue weighted by Crippen LogP contribution is 2.28. The number of Topliss-reactive ketones (excluding diaryl/α,β-unsaturated/α-hetero) is 1. The van der Waals surface area contributed by atoms with E-state index in [2.05, 4.69) is 5.32 Å². The van der Waals surface area contributed by atoms with Gasteiger partial charge in [-0.3, -0.25) is 4.79 Å². The van der Waals surface area contributed by atoms with Crippen LogP contribution in [0.4, 0.5) is 5.69 Å². The third-order valence-corrected chi connectivity index (χ3v) is 4.80. The Labute approximate surface area is 112 Å². The van der Waals surface area contributed by atoms with Crippen LogP contribution >= 0.6 is 0 Å². The minimum atomic E-state index is -3.11. The number of hydrogen-bond acceptors (Lipinski definition) is 5. The molecule has 19 heavy (non-hydrogen) atoms. The molecule has 1 aliphatic rings. The second-order valence-corrected chi connectivity index (χ2v) is 6.91. The van der Waals surface area contributed by atoms with Crippen LogP contribution in [0, 0.1) is 0 Å². The smallest absolute Gasteiger partial charge is 0.176 e. The predicted octanol–water partition coefficient (Wildman–Crippen LogP) is 1.25. The molecule has 1 aliphatic heterocycles. The van der Waals surface area contributed by atoms with E-state index in [-0.39, 0.29) is 23.7 Å². The van der Waals surface area contributed by atoms with Crippen LogP contribution in [-0.2, 0) is 14.6 Å². The number of anilines is 1. The van der Waals surface area contributed by atoms with Gasteiger partial charge in [-0.25, -0.2) is 8.42 Å². The molecule has 0 saturated carbocycles. The second kappa shape index (κ2) is 5.61. The van der Waals surface area contributed by atoms with Gasteiger partial charge in [0.25, 0.3) is 0 Å². The fraction of sp³-hybridized carbons (Fsp3) is 0.462. The van der Waals surface area contributed by atoms with E-state index in [4.69, 9.17) is 4.74 Å². The molecule has 0 radical (unpaired) electrons. The molecule has 2 rings (SSSR count). The lowest BCUT2D eigenvalue weighted by Crippen LogP contribution is -2.38. The first kappa shape index (κ1) is 13.9. The predicted molar refractivity (Wildman–Crippen MR) is 73.3 cm³/mol. The van der Waals surface area contributed by atoms with E-state index in [1.807, 2.05) is 18.2 Å². The highest BCUT2D eigenvalue weighted by atomic mass is 32.2. The number of fused-ring (bicyclic) bond motifs is 1. The van der Waals surface area contributed by atoms with Gasteiger partial charge in [-0.15, -0.1) is 0 Å². The highest BCUT2D eigenvalue weighted by Gasteiger charge is 2.26. The van der Waals surface area contributed by atoms with Gasteiger partial charge in [0.15, 0.2) is 11.9 Å². The molecule has 0 aliphatic carbocycles. The Hall–Kier alpha value is -1.56. The van der Waals surface area contributed by atoms with Crippen LogP contribution in [0.25, 0.3) is 0 Å². The molecular weight excluding hydrogens is 266 g/mol. The summed E-state index contributed by atoms with van der Waals surface area (Å²) in [5.74, 6) is 0.404. The van der Waals surface area contributed by atoms with Crippen molar-refractivity contribution in [3.8, 4) is 5.75 Å². The highest BCUT2D eigenvalue weighted by molar-refractivity contribution is 7.91. The molecule has 1 atom stereocenters. The van der Waals surface area contributed by atoms with Gasteiger partial charge in [0, 0.05) is 12.2 Å². The summed E-state index contributed by atoms with van der Waals surface area (Å²) in [6.45, 7) is 1.96. The molecule has 1 N–H and O–H groups in total. The minimum Gasteiger partial charge on any atom is -0.479 e. The van der Waals surface area contributed by atoms with Crippen LogP contribution in [0.1, 0.15) is 13.3 Å². The summed E-state index contributed by atoms with van der Waals surface area (Å²) in [6, 6.07) is 7.36. The van der Waals surface area contributed by atoms with Gasteiger partial charge in [-0.2, -0.15) is 0 Å². The zero-order chi connectivity index (χ0) is 13.9. The van der Waals surface area contributed by atoms with E-state index < -0.39 is 15.9 Å².